The number of cyclic esters (lactones) is 2. The predicted octanol–water partition coefficient (Wildman–Crippen LogP) is 11.0. The van der Waals surface area contributed by atoms with Crippen LogP contribution in [0.25, 0.3) is 0 Å². The fraction of sp³-hybridized carbons (Fsp3) is 0.707. The van der Waals surface area contributed by atoms with Crippen LogP contribution < -0.4 is 0 Å². The molecule has 4 aliphatic carbocycles. The third kappa shape index (κ3) is 18.2. The van der Waals surface area contributed by atoms with Gasteiger partial charge >= 0.3 is 29.8 Å². The van der Waals surface area contributed by atoms with E-state index >= 15 is 0 Å². The van der Waals surface area contributed by atoms with Crippen LogP contribution >= 0.6 is 0 Å². The number of piperidine rings is 1. The van der Waals surface area contributed by atoms with E-state index in [1.807, 2.05) is 65.0 Å². The van der Waals surface area contributed by atoms with Crippen LogP contribution in [-0.2, 0) is 91.1 Å². The summed E-state index contributed by atoms with van der Waals surface area (Å²) in [4.78, 5) is 141. The summed E-state index contributed by atoms with van der Waals surface area (Å²) in [5, 5.41) is 23.8. The lowest BCUT2D eigenvalue weighted by Crippen LogP contribution is -2.61. The number of esters is 5. The van der Waals surface area contributed by atoms with Gasteiger partial charge in [-0.25, -0.2) is 9.59 Å². The number of unbranched alkanes of at least 4 members (excludes halogenated alkanes) is 3. The number of Topliss-reactive ketones (excluding diaryl/α,β-unsaturated/α-hetero) is 4. The number of furan rings is 1. The minimum Gasteiger partial charge on any atom is -0.462 e. The highest BCUT2D eigenvalue weighted by Gasteiger charge is 2.65. The van der Waals surface area contributed by atoms with Crippen LogP contribution in [0.5, 0.6) is 0 Å². The Bertz CT molecular complexity index is 3560. The molecule has 9 rings (SSSR count). The Balaban J connectivity index is 0.812. The van der Waals surface area contributed by atoms with E-state index in [0.29, 0.717) is 113 Å². The summed E-state index contributed by atoms with van der Waals surface area (Å²) in [6.45, 7) is 17.7. The second-order valence-electron chi connectivity index (χ2n) is 32.0. The molecular formula is C82H115NO23. The highest BCUT2D eigenvalue weighted by molar-refractivity contribution is 6.39. The molecule has 4 fully saturated rings. The zero-order chi connectivity index (χ0) is 77.3. The first kappa shape index (κ1) is 83.2. The maximum atomic E-state index is 14.8. The van der Waals surface area contributed by atoms with Crippen LogP contribution in [0.1, 0.15) is 231 Å². The Morgan fingerprint density at radius 1 is 0.764 bits per heavy atom. The Labute approximate surface area is 623 Å². The van der Waals surface area contributed by atoms with Crippen molar-refractivity contribution in [3.05, 3.63) is 81.9 Å². The molecule has 1 aromatic heterocycles. The molecular weight excluding hydrogens is 1370 g/mol. The molecule has 0 radical (unpaired) electrons. The number of ketones is 4. The standard InChI is InChI=1S/C82H115NO23/c1-45-24-18-17-19-25-46(2)60(97-12)40-54-31-29-51(7)82(95,106-54)76(91)77(92)83-35-23-22-26-57(83)79(94)103-61(41-58(85)47(3)37-50(6)72(89)75(99-14)71(88)49(5)36-45)48(4)38-53-30-33-59(62(39-53)98-13)102-66(86)27-20-15-16-21-28-67(87)104-64-34-32-56-68-70(63(101-52(8)84)42-80(56,64)9)81(10)65(44-96-11)105-78(93)55-43-100-74(69(55)81)73(68)90/h17-19,24-25,37,43,45,48-51,53-54,56-57,59-65,72,75,89,95H,15-16,20-23,26-36,38-42,44H2,1-14H3/t45-,48-,49-,50?,51-,53+,54+,56?,57+,59-,60+,61+,62-,63-,64+,65-,72-,75+,80+,81+,82-/m1/s1. The summed E-state index contributed by atoms with van der Waals surface area (Å²) in [6, 6.07) is -1.23. The van der Waals surface area contributed by atoms with Crippen LogP contribution in [0.4, 0.5) is 0 Å². The molecule has 2 saturated heterocycles. The summed E-state index contributed by atoms with van der Waals surface area (Å²) >= 11 is 0. The molecule has 24 nitrogen and oxygen atoms in total. The number of methoxy groups -OCH3 is 4. The molecule has 4 aliphatic heterocycles. The van der Waals surface area contributed by atoms with Crippen molar-refractivity contribution in [2.75, 3.05) is 41.6 Å². The van der Waals surface area contributed by atoms with Gasteiger partial charge in [-0.05, 0) is 157 Å². The minimum atomic E-state index is -2.49. The first-order chi connectivity index (χ1) is 50.3. The lowest BCUT2D eigenvalue weighted by molar-refractivity contribution is -0.265. The molecule has 0 aromatic carbocycles. The number of nitrogens with zero attached hydrogens (tertiary/aromatic N) is 1. The number of hydrogen-bond acceptors (Lipinski definition) is 23. The van der Waals surface area contributed by atoms with E-state index < -0.39 is 155 Å². The van der Waals surface area contributed by atoms with Crippen LogP contribution in [0.2, 0.25) is 0 Å². The van der Waals surface area contributed by atoms with Crippen molar-refractivity contribution in [2.45, 2.75) is 282 Å². The SMILES string of the molecule is COC[C@H]1OC(=O)c2coc3c2[C@@]1(C)C1=C(C3=O)C2CC[C@H](OC(=O)CCCCCCC(=O)O[C@@H]3CC[C@@H](C[C@@H](C)[C@@H]4CC(=O)C(C)=CC(C)[C@@H](O)[C@@H](OC)C(=O)[C@H](C)C[C@H](C)C=CC=CC=C(C)[C@@H](OC)C[C@@H]5CC[C@@H](C)[C@@](O)(O5)C(=O)C(=O)N5CCCC[C@H]5C(=O)O4)C[C@H]3OC)[C@@]2(C)C[C@H]1OC(C)=O. The van der Waals surface area contributed by atoms with Gasteiger partial charge < -0.3 is 66.9 Å². The van der Waals surface area contributed by atoms with Gasteiger partial charge in [-0.15, -0.1) is 0 Å². The third-order valence-electron chi connectivity index (χ3n) is 24.4. The fourth-order valence-corrected chi connectivity index (χ4v) is 18.2. The monoisotopic (exact) mass is 1480 g/mol. The molecule has 1 amide bonds. The van der Waals surface area contributed by atoms with Gasteiger partial charge in [0.2, 0.25) is 11.6 Å². The van der Waals surface area contributed by atoms with E-state index in [1.165, 1.54) is 32.3 Å². The van der Waals surface area contributed by atoms with Crippen LogP contribution in [0.15, 0.2) is 69.4 Å². The maximum Gasteiger partial charge on any atom is 0.342 e. The highest BCUT2D eigenvalue weighted by Crippen LogP contribution is 2.63. The number of fused-ring (bicyclic) bond motifs is 6. The quantitative estimate of drug-likeness (QED) is 0.0597. The van der Waals surface area contributed by atoms with Gasteiger partial charge in [0.15, 0.2) is 17.3 Å². The number of carbonyl (C=O) groups is 10. The van der Waals surface area contributed by atoms with Crippen LogP contribution in [0.3, 0.4) is 0 Å². The number of allylic oxidation sites excluding steroid dienone is 7. The largest absolute Gasteiger partial charge is 0.462 e. The number of amides is 1. The van der Waals surface area contributed by atoms with E-state index in [9.17, 15) is 58.2 Å². The van der Waals surface area contributed by atoms with E-state index in [2.05, 4.69) is 0 Å². The van der Waals surface area contributed by atoms with Crippen LogP contribution in [0, 0.1) is 46.8 Å². The fourth-order valence-electron chi connectivity index (χ4n) is 18.2. The number of carbonyl (C=O) groups excluding carboxylic acids is 10. The zero-order valence-electron chi connectivity index (χ0n) is 64.6. The summed E-state index contributed by atoms with van der Waals surface area (Å²) in [7, 11) is 5.98. The summed E-state index contributed by atoms with van der Waals surface area (Å²) in [5.74, 6) is -11.5. The minimum absolute atomic E-state index is 0.00873. The lowest BCUT2D eigenvalue weighted by atomic mass is 9.54. The molecule has 106 heavy (non-hydrogen) atoms. The van der Waals surface area contributed by atoms with Gasteiger partial charge in [-0.2, -0.15) is 0 Å². The molecule has 8 aliphatic rings. The van der Waals surface area contributed by atoms with Gasteiger partial charge in [0.1, 0.15) is 54.5 Å². The smallest absolute Gasteiger partial charge is 0.342 e. The average molecular weight is 1480 g/mol. The molecule has 5 heterocycles. The number of aliphatic hydroxyl groups is 2. The number of hydrogen-bond donors (Lipinski definition) is 2. The Kier molecular flexibility index (Phi) is 28.4. The Morgan fingerprint density at radius 3 is 2.16 bits per heavy atom. The molecule has 24 heteroatoms. The van der Waals surface area contributed by atoms with Crippen molar-refractivity contribution in [1.29, 1.82) is 0 Å². The number of aliphatic hydroxyl groups excluding tert-OH is 1. The molecule has 2 N–H and O–H groups in total. The summed E-state index contributed by atoms with van der Waals surface area (Å²) in [6.07, 6.45) is 12.5. The molecule has 586 valence electrons. The molecule has 2 saturated carbocycles. The molecule has 21 atom stereocenters. The highest BCUT2D eigenvalue weighted by atomic mass is 16.6. The number of ether oxygens (including phenoxy) is 10. The number of rotatable bonds is 18. The predicted molar refractivity (Wildman–Crippen MR) is 386 cm³/mol. The topological polar surface area (TPSA) is 320 Å². The summed E-state index contributed by atoms with van der Waals surface area (Å²) < 4.78 is 65.8. The first-order valence-electron chi connectivity index (χ1n) is 38.5. The normalized spacial score (nSPS) is 35.6. The van der Waals surface area contributed by atoms with E-state index in [4.69, 9.17) is 51.8 Å². The van der Waals surface area contributed by atoms with Crippen molar-refractivity contribution in [1.82, 2.24) is 4.90 Å². The molecule has 2 bridgehead atoms. The second-order valence-corrected chi connectivity index (χ2v) is 32.0. The van der Waals surface area contributed by atoms with Crippen LogP contribution in [-0.4, -0.2) is 188 Å². The zero-order valence-corrected chi connectivity index (χ0v) is 64.6. The Morgan fingerprint density at radius 2 is 1.48 bits per heavy atom. The van der Waals surface area contributed by atoms with Crippen molar-refractivity contribution < 1.29 is 110 Å². The van der Waals surface area contributed by atoms with E-state index in [-0.39, 0.29) is 97.9 Å². The third-order valence-corrected chi connectivity index (χ3v) is 24.4. The van der Waals surface area contributed by atoms with E-state index in [1.54, 1.807) is 48.0 Å². The molecule has 2 unspecified atom stereocenters. The van der Waals surface area contributed by atoms with Gasteiger partial charge in [0, 0.05) is 102 Å². The van der Waals surface area contributed by atoms with Gasteiger partial charge in [-0.1, -0.05) is 90.8 Å². The van der Waals surface area contributed by atoms with E-state index in [0.717, 1.165) is 5.57 Å². The van der Waals surface area contributed by atoms with Gasteiger partial charge in [0.05, 0.1) is 36.4 Å². The lowest BCUT2D eigenvalue weighted by Gasteiger charge is -2.52. The maximum absolute atomic E-state index is 14.8. The van der Waals surface area contributed by atoms with Crippen molar-refractivity contribution in [3.63, 3.8) is 0 Å². The Hall–Kier alpha value is -6.80. The first-order valence-corrected chi connectivity index (χ1v) is 38.5. The van der Waals surface area contributed by atoms with Gasteiger partial charge in [0.25, 0.3) is 11.7 Å². The summed E-state index contributed by atoms with van der Waals surface area (Å²) in [5.41, 5.74) is 0.717. The van der Waals surface area contributed by atoms with Crippen molar-refractivity contribution in [3.8, 4) is 0 Å². The molecule has 1 aromatic rings. The second kappa shape index (κ2) is 36.2. The molecule has 0 spiro atoms. The van der Waals surface area contributed by atoms with Gasteiger partial charge in [-0.3, -0.25) is 38.4 Å². The van der Waals surface area contributed by atoms with Crippen molar-refractivity contribution >= 4 is 58.9 Å². The van der Waals surface area contributed by atoms with Crippen molar-refractivity contribution in [2.24, 2.45) is 46.8 Å². The average Bonchev–Trinajstić information content (AvgIpc) is 1.39.